The van der Waals surface area contributed by atoms with Crippen LogP contribution in [0.5, 0.6) is 0 Å². The molecule has 0 amide bonds. The van der Waals surface area contributed by atoms with Crippen molar-refractivity contribution < 1.29 is 31.0 Å². The van der Waals surface area contributed by atoms with Crippen molar-refractivity contribution in [2.45, 2.75) is 6.92 Å². The van der Waals surface area contributed by atoms with Gasteiger partial charge >= 0.3 is 67.9 Å². The Bertz CT molecular complexity index is 140. The Kier molecular flexibility index (Phi) is 2.02. The van der Waals surface area contributed by atoms with E-state index in [1.807, 2.05) is 0 Å². The molecule has 0 saturated heterocycles. The summed E-state index contributed by atoms with van der Waals surface area (Å²) in [5.41, 5.74) is 1.47. The minimum absolute atomic E-state index is 1.27. The Morgan fingerprint density at radius 1 is 1.57 bits per heavy atom. The average Bonchev–Trinajstić information content (AvgIpc) is 1.91. The molecule has 34 valence electrons. The van der Waals surface area contributed by atoms with E-state index in [2.05, 4.69) is 17.7 Å². The van der Waals surface area contributed by atoms with E-state index in [4.69, 9.17) is 0 Å². The van der Waals surface area contributed by atoms with Gasteiger partial charge in [-0.25, -0.2) is 0 Å². The molecule has 0 aliphatic carbocycles. The zero-order valence-corrected chi connectivity index (χ0v) is 7.80. The van der Waals surface area contributed by atoms with E-state index in [0.29, 0.717) is 0 Å². The Morgan fingerprint density at radius 3 is 2.43 bits per heavy atom. The number of hydrogen-bond acceptors (Lipinski definition) is 1. The summed E-state index contributed by atoms with van der Waals surface area (Å²) in [4.78, 5) is 0. The normalized spacial score (nSPS) is 9.14. The van der Waals surface area contributed by atoms with Gasteiger partial charge in [0.2, 0.25) is 0 Å². The minimum atomic E-state index is 1.27. The number of thiophene rings is 1. The summed E-state index contributed by atoms with van der Waals surface area (Å²) in [6.45, 7) is 2.16. The molecular formula is C5H5SY. The second-order valence-electron chi connectivity index (χ2n) is 1.51. The van der Waals surface area contributed by atoms with E-state index in [0.717, 1.165) is 0 Å². The van der Waals surface area contributed by atoms with Crippen molar-refractivity contribution in [2.24, 2.45) is 0 Å². The van der Waals surface area contributed by atoms with Crippen molar-refractivity contribution in [1.82, 2.24) is 0 Å². The zero-order chi connectivity index (χ0) is 5.28. The van der Waals surface area contributed by atoms with Crippen LogP contribution in [0.3, 0.4) is 0 Å². The van der Waals surface area contributed by atoms with Crippen molar-refractivity contribution in [3.05, 3.63) is 16.3 Å². The molecule has 1 aromatic rings. The van der Waals surface area contributed by atoms with Crippen LogP contribution in [0, 0.1) is 6.92 Å². The van der Waals surface area contributed by atoms with Gasteiger partial charge in [0.05, 0.1) is 0 Å². The number of aryl methyl sites for hydroxylation is 1. The third-order valence-electron chi connectivity index (χ3n) is 0.895. The fraction of sp³-hybridized carbons (Fsp3) is 0.200. The Labute approximate surface area is 67.4 Å². The summed E-state index contributed by atoms with van der Waals surface area (Å²) in [6.07, 6.45) is 0. The third-order valence-corrected chi connectivity index (χ3v) is 3.90. The van der Waals surface area contributed by atoms with Crippen molar-refractivity contribution >= 4 is 13.7 Å². The number of hydrogen-bond donors (Lipinski definition) is 0. The predicted octanol–water partition coefficient (Wildman–Crippen LogP) is 1.23. The fourth-order valence-corrected chi connectivity index (χ4v) is 2.19. The maximum atomic E-state index is 2.22. The van der Waals surface area contributed by atoms with Crippen LogP contribution in [0.2, 0.25) is 0 Å². The molecule has 0 unspecified atom stereocenters. The van der Waals surface area contributed by atoms with Crippen LogP contribution >= 0.6 is 11.3 Å². The van der Waals surface area contributed by atoms with Crippen LogP contribution in [0.25, 0.3) is 0 Å². The first-order chi connectivity index (χ1) is 3.30. The molecule has 0 spiro atoms. The van der Waals surface area contributed by atoms with Crippen LogP contribution in [0.4, 0.5) is 0 Å². The molecule has 0 aliphatic heterocycles. The van der Waals surface area contributed by atoms with E-state index >= 15 is 0 Å². The molecule has 0 N–H and O–H groups in total. The molecule has 0 nitrogen and oxygen atoms in total. The number of rotatable bonds is 0. The van der Waals surface area contributed by atoms with Gasteiger partial charge in [-0.2, -0.15) is 0 Å². The van der Waals surface area contributed by atoms with Crippen molar-refractivity contribution in [3.8, 4) is 0 Å². The van der Waals surface area contributed by atoms with Crippen LogP contribution < -0.4 is 2.37 Å². The first-order valence-electron chi connectivity index (χ1n) is 2.09. The van der Waals surface area contributed by atoms with Crippen molar-refractivity contribution in [3.63, 3.8) is 0 Å². The first-order valence-corrected chi connectivity index (χ1v) is 4.45. The Hall–Kier alpha value is 0.804. The quantitative estimate of drug-likeness (QED) is 0.571. The Balaban J connectivity index is 3.12. The van der Waals surface area contributed by atoms with E-state index < -0.39 is 0 Å². The molecule has 0 fully saturated rings. The zero-order valence-electron chi connectivity index (χ0n) is 4.14. The second kappa shape index (κ2) is 2.38. The first kappa shape index (κ1) is 5.93. The van der Waals surface area contributed by atoms with Gasteiger partial charge in [0.25, 0.3) is 0 Å². The standard InChI is InChI=1S/C5H5S.Y/c1-5-2-3-6-4-5;/h3-4H,1H3;. The molecule has 0 saturated carbocycles. The van der Waals surface area contributed by atoms with Crippen molar-refractivity contribution in [1.29, 1.82) is 0 Å². The van der Waals surface area contributed by atoms with Gasteiger partial charge in [-0.3, -0.25) is 0 Å². The van der Waals surface area contributed by atoms with E-state index in [9.17, 15) is 0 Å². The molecule has 1 heterocycles. The molecule has 1 rings (SSSR count). The fourth-order valence-electron chi connectivity index (χ4n) is 0.370. The van der Waals surface area contributed by atoms with Gasteiger partial charge in [-0.15, -0.1) is 0 Å². The summed E-state index contributed by atoms with van der Waals surface area (Å²) < 4.78 is 1.54. The monoisotopic (exact) mass is 186 g/mol. The average molecular weight is 186 g/mol. The molecule has 2 heteroatoms. The van der Waals surface area contributed by atoms with Gasteiger partial charge in [-0.05, 0) is 0 Å². The molecule has 7 heavy (non-hydrogen) atoms. The molecule has 1 aromatic heterocycles. The maximum absolute atomic E-state index is 2.22. The van der Waals surface area contributed by atoms with E-state index in [-0.39, 0.29) is 0 Å². The topological polar surface area (TPSA) is 0 Å². The molecule has 0 atom stereocenters. The Morgan fingerprint density at radius 2 is 2.29 bits per heavy atom. The molecule has 0 radical (unpaired) electrons. The van der Waals surface area contributed by atoms with Crippen LogP contribution in [0.15, 0.2) is 10.8 Å². The van der Waals surface area contributed by atoms with Crippen LogP contribution in [-0.4, -0.2) is 0 Å². The van der Waals surface area contributed by atoms with Gasteiger partial charge in [0, 0.05) is 0 Å². The SMILES string of the molecule is Cc1csc[c]1[Y]. The van der Waals surface area contributed by atoms with E-state index in [1.165, 1.54) is 38.9 Å². The summed E-state index contributed by atoms with van der Waals surface area (Å²) in [5, 5.41) is 4.41. The molecular weight excluding hydrogens is 181 g/mol. The molecule has 0 aliphatic rings. The summed E-state index contributed by atoms with van der Waals surface area (Å²) in [7, 11) is 0. The molecule has 0 aromatic carbocycles. The van der Waals surface area contributed by atoms with Gasteiger partial charge < -0.3 is 0 Å². The van der Waals surface area contributed by atoms with Gasteiger partial charge in [0.1, 0.15) is 0 Å². The van der Waals surface area contributed by atoms with Crippen molar-refractivity contribution in [2.75, 3.05) is 0 Å². The van der Waals surface area contributed by atoms with E-state index in [1.54, 1.807) is 11.3 Å². The molecule has 0 bridgehead atoms. The summed E-state index contributed by atoms with van der Waals surface area (Å²) >= 11 is 3.07. The predicted molar refractivity (Wildman–Crippen MR) is 28.7 cm³/mol. The second-order valence-corrected chi connectivity index (χ2v) is 3.78. The summed E-state index contributed by atoms with van der Waals surface area (Å²) in [6, 6.07) is 0. The van der Waals surface area contributed by atoms with Gasteiger partial charge in [0.15, 0.2) is 0 Å². The van der Waals surface area contributed by atoms with Crippen LogP contribution in [0.1, 0.15) is 5.56 Å². The van der Waals surface area contributed by atoms with Gasteiger partial charge in [-0.1, -0.05) is 0 Å². The third kappa shape index (κ3) is 1.35. The van der Waals surface area contributed by atoms with Crippen LogP contribution in [-0.2, 0) is 31.0 Å². The summed E-state index contributed by atoms with van der Waals surface area (Å²) in [5.74, 6) is 0.